The fourth-order valence-electron chi connectivity index (χ4n) is 3.84. The Morgan fingerprint density at radius 3 is 2.93 bits per heavy atom. The van der Waals surface area contributed by atoms with E-state index in [1.165, 1.54) is 18.4 Å². The molecule has 0 saturated carbocycles. The fraction of sp³-hybridized carbons (Fsp3) is 0.682. The van der Waals surface area contributed by atoms with Gasteiger partial charge in [0.05, 0.1) is 25.9 Å². The average molecular weight is 389 g/mol. The first-order valence-corrected chi connectivity index (χ1v) is 10.8. The molecule has 3 unspecified atom stereocenters. The number of nitrogens with one attached hydrogen (secondary N) is 2. The number of hydrogen-bond donors (Lipinski definition) is 2. The molecule has 1 aromatic rings. The van der Waals surface area contributed by atoms with Crippen molar-refractivity contribution in [1.29, 1.82) is 0 Å². The third kappa shape index (κ3) is 6.76. The third-order valence-corrected chi connectivity index (χ3v) is 5.38. The lowest BCUT2D eigenvalue weighted by molar-refractivity contribution is 0.0347. The van der Waals surface area contributed by atoms with Crippen LogP contribution in [0.1, 0.15) is 38.7 Å². The van der Waals surface area contributed by atoms with Gasteiger partial charge >= 0.3 is 0 Å². The second-order valence-corrected chi connectivity index (χ2v) is 7.84. The Labute approximate surface area is 169 Å². The van der Waals surface area contributed by atoms with Gasteiger partial charge in [-0.1, -0.05) is 30.3 Å². The van der Waals surface area contributed by atoms with Crippen LogP contribution in [-0.4, -0.2) is 68.5 Å². The molecule has 1 aromatic carbocycles. The highest BCUT2D eigenvalue weighted by atomic mass is 16.5. The molecule has 6 nitrogen and oxygen atoms in total. The molecular formula is C22H36N4O2. The van der Waals surface area contributed by atoms with Gasteiger partial charge in [-0.3, -0.25) is 9.89 Å². The summed E-state index contributed by atoms with van der Waals surface area (Å²) < 4.78 is 11.3. The molecule has 0 aliphatic carbocycles. The lowest BCUT2D eigenvalue weighted by atomic mass is 10.2. The van der Waals surface area contributed by atoms with E-state index in [-0.39, 0.29) is 12.1 Å². The summed E-state index contributed by atoms with van der Waals surface area (Å²) in [6, 6.07) is 11.5. The van der Waals surface area contributed by atoms with Gasteiger partial charge in [0.25, 0.3) is 0 Å². The first-order valence-electron chi connectivity index (χ1n) is 10.8. The van der Waals surface area contributed by atoms with Crippen molar-refractivity contribution in [3.05, 3.63) is 35.9 Å². The Hall–Kier alpha value is -1.63. The molecule has 2 heterocycles. The van der Waals surface area contributed by atoms with Crippen LogP contribution in [0.15, 0.2) is 35.3 Å². The molecule has 0 spiro atoms. The summed E-state index contributed by atoms with van der Waals surface area (Å²) in [6.45, 7) is 10.3. The Morgan fingerprint density at radius 1 is 1.32 bits per heavy atom. The molecule has 2 aliphatic rings. The summed E-state index contributed by atoms with van der Waals surface area (Å²) in [4.78, 5) is 7.44. The zero-order chi connectivity index (χ0) is 19.6. The largest absolute Gasteiger partial charge is 0.379 e. The van der Waals surface area contributed by atoms with Crippen LogP contribution in [0, 0.1) is 0 Å². The molecule has 6 heteroatoms. The molecule has 3 rings (SSSR count). The van der Waals surface area contributed by atoms with E-state index in [0.717, 1.165) is 51.8 Å². The number of nitrogens with zero attached hydrogens (tertiary/aromatic N) is 2. The van der Waals surface area contributed by atoms with Crippen LogP contribution in [0.4, 0.5) is 0 Å². The number of aliphatic imine (C=N–C) groups is 1. The van der Waals surface area contributed by atoms with E-state index >= 15 is 0 Å². The van der Waals surface area contributed by atoms with Crippen LogP contribution >= 0.6 is 0 Å². The number of benzene rings is 1. The van der Waals surface area contributed by atoms with Gasteiger partial charge in [0, 0.05) is 31.8 Å². The van der Waals surface area contributed by atoms with E-state index in [9.17, 15) is 0 Å². The fourth-order valence-corrected chi connectivity index (χ4v) is 3.84. The molecule has 0 amide bonds. The summed E-state index contributed by atoms with van der Waals surface area (Å²) in [7, 11) is 0. The highest BCUT2D eigenvalue weighted by Gasteiger charge is 2.24. The molecule has 2 fully saturated rings. The third-order valence-electron chi connectivity index (χ3n) is 5.38. The first-order chi connectivity index (χ1) is 13.7. The molecule has 2 aliphatic heterocycles. The highest BCUT2D eigenvalue weighted by molar-refractivity contribution is 5.80. The van der Waals surface area contributed by atoms with E-state index in [1.54, 1.807) is 0 Å². The van der Waals surface area contributed by atoms with Crippen molar-refractivity contribution in [3.63, 3.8) is 0 Å². The molecule has 0 aromatic heterocycles. The second-order valence-electron chi connectivity index (χ2n) is 7.84. The van der Waals surface area contributed by atoms with Crippen molar-refractivity contribution in [2.45, 2.75) is 57.8 Å². The number of hydrogen-bond acceptors (Lipinski definition) is 4. The van der Waals surface area contributed by atoms with E-state index in [0.29, 0.717) is 12.6 Å². The molecule has 0 bridgehead atoms. The minimum absolute atomic E-state index is 0.211. The summed E-state index contributed by atoms with van der Waals surface area (Å²) in [6.07, 6.45) is 3.72. The molecule has 2 saturated heterocycles. The number of ether oxygens (including phenoxy) is 2. The Morgan fingerprint density at radius 2 is 2.18 bits per heavy atom. The zero-order valence-corrected chi connectivity index (χ0v) is 17.4. The standard InChI is InChI=1S/C22H36N4O2/c1-3-23-22(25-18(2)16-28-21-11-13-27-17-21)24-14-20-10-7-12-26(20)15-19-8-5-4-6-9-19/h4-6,8-9,18,20-21H,3,7,10-17H2,1-2H3,(H2,23,24,25). The van der Waals surface area contributed by atoms with Crippen LogP contribution in [0.25, 0.3) is 0 Å². The molecule has 156 valence electrons. The minimum atomic E-state index is 0.211. The van der Waals surface area contributed by atoms with Crippen LogP contribution in [0.5, 0.6) is 0 Å². The van der Waals surface area contributed by atoms with Crippen molar-refractivity contribution in [1.82, 2.24) is 15.5 Å². The van der Waals surface area contributed by atoms with Crippen molar-refractivity contribution in [2.24, 2.45) is 4.99 Å². The van der Waals surface area contributed by atoms with Gasteiger partial charge in [-0.05, 0) is 45.2 Å². The van der Waals surface area contributed by atoms with Crippen LogP contribution in [0.2, 0.25) is 0 Å². The van der Waals surface area contributed by atoms with E-state index in [2.05, 4.69) is 59.7 Å². The van der Waals surface area contributed by atoms with Crippen molar-refractivity contribution < 1.29 is 9.47 Å². The molecule has 28 heavy (non-hydrogen) atoms. The smallest absolute Gasteiger partial charge is 0.191 e. The van der Waals surface area contributed by atoms with Crippen LogP contribution in [0.3, 0.4) is 0 Å². The Kier molecular flexibility index (Phi) is 8.58. The zero-order valence-electron chi connectivity index (χ0n) is 17.4. The van der Waals surface area contributed by atoms with Crippen LogP contribution in [-0.2, 0) is 16.0 Å². The van der Waals surface area contributed by atoms with Gasteiger partial charge in [-0.25, -0.2) is 0 Å². The number of guanidine groups is 1. The van der Waals surface area contributed by atoms with Crippen molar-refractivity contribution in [2.75, 3.05) is 39.5 Å². The predicted octanol–water partition coefficient (Wildman–Crippen LogP) is 2.40. The summed E-state index contributed by atoms with van der Waals surface area (Å²) >= 11 is 0. The predicted molar refractivity (Wildman–Crippen MR) is 114 cm³/mol. The molecular weight excluding hydrogens is 352 g/mol. The van der Waals surface area contributed by atoms with Gasteiger partial charge < -0.3 is 20.1 Å². The van der Waals surface area contributed by atoms with Gasteiger partial charge in [0.2, 0.25) is 0 Å². The highest BCUT2D eigenvalue weighted by Crippen LogP contribution is 2.20. The van der Waals surface area contributed by atoms with Gasteiger partial charge in [-0.2, -0.15) is 0 Å². The van der Waals surface area contributed by atoms with Crippen molar-refractivity contribution in [3.8, 4) is 0 Å². The van der Waals surface area contributed by atoms with E-state index in [1.807, 2.05) is 0 Å². The summed E-state index contributed by atoms with van der Waals surface area (Å²) in [5, 5.41) is 6.85. The lowest BCUT2D eigenvalue weighted by Crippen LogP contribution is -2.45. The summed E-state index contributed by atoms with van der Waals surface area (Å²) in [5.74, 6) is 0.882. The van der Waals surface area contributed by atoms with Gasteiger partial charge in [0.15, 0.2) is 5.96 Å². The maximum absolute atomic E-state index is 5.93. The maximum Gasteiger partial charge on any atom is 0.191 e. The van der Waals surface area contributed by atoms with E-state index < -0.39 is 0 Å². The normalized spacial score (nSPS) is 24.4. The average Bonchev–Trinajstić information content (AvgIpc) is 3.37. The molecule has 3 atom stereocenters. The maximum atomic E-state index is 5.93. The first kappa shape index (κ1) is 21.1. The van der Waals surface area contributed by atoms with Crippen LogP contribution < -0.4 is 10.6 Å². The topological polar surface area (TPSA) is 58.1 Å². The molecule has 0 radical (unpaired) electrons. The lowest BCUT2D eigenvalue weighted by Gasteiger charge is -2.24. The summed E-state index contributed by atoms with van der Waals surface area (Å²) in [5.41, 5.74) is 1.38. The second kappa shape index (κ2) is 11.4. The monoisotopic (exact) mass is 388 g/mol. The number of likely N-dealkylation sites (tertiary alicyclic amines) is 1. The van der Waals surface area contributed by atoms with Gasteiger partial charge in [0.1, 0.15) is 0 Å². The minimum Gasteiger partial charge on any atom is -0.379 e. The SMILES string of the molecule is CCNC(=NCC1CCCN1Cc1ccccc1)NC(C)COC1CCOC1. The van der Waals surface area contributed by atoms with Gasteiger partial charge in [-0.15, -0.1) is 0 Å². The Bertz CT molecular complexity index is 589. The number of rotatable bonds is 9. The quantitative estimate of drug-likeness (QED) is 0.503. The van der Waals surface area contributed by atoms with Crippen molar-refractivity contribution >= 4 is 5.96 Å². The Balaban J connectivity index is 1.48. The molecule has 2 N–H and O–H groups in total. The van der Waals surface area contributed by atoms with E-state index in [4.69, 9.17) is 14.5 Å².